The summed E-state index contributed by atoms with van der Waals surface area (Å²) in [4.78, 5) is 0. The Bertz CT molecular complexity index is 389. The van der Waals surface area contributed by atoms with E-state index in [2.05, 4.69) is 5.10 Å². The summed E-state index contributed by atoms with van der Waals surface area (Å²) in [6, 6.07) is 0. The van der Waals surface area contributed by atoms with Crippen LogP contribution in [0, 0.1) is 0 Å². The lowest BCUT2D eigenvalue weighted by Gasteiger charge is -2.34. The summed E-state index contributed by atoms with van der Waals surface area (Å²) >= 11 is 0. The molecule has 1 aromatic heterocycles. The fourth-order valence-electron chi connectivity index (χ4n) is 3.07. The molecule has 0 radical (unpaired) electrons. The molecular formula is C14H24N2O3. The van der Waals surface area contributed by atoms with Crippen LogP contribution in [-0.2, 0) is 11.3 Å². The summed E-state index contributed by atoms with van der Waals surface area (Å²) in [5.74, 6) is 0.639. The lowest BCUT2D eigenvalue weighted by molar-refractivity contribution is -0.121. The summed E-state index contributed by atoms with van der Waals surface area (Å²) < 4.78 is 13.1. The van der Waals surface area contributed by atoms with Crippen LogP contribution in [0.1, 0.15) is 51.3 Å². The minimum atomic E-state index is -0.688. The van der Waals surface area contributed by atoms with Crippen molar-refractivity contribution in [3.63, 3.8) is 0 Å². The summed E-state index contributed by atoms with van der Waals surface area (Å²) in [6.07, 6.45) is 4.95. The fraction of sp³-hybridized carbons (Fsp3) is 0.786. The first-order valence-electron chi connectivity index (χ1n) is 7.10. The molecule has 0 amide bonds. The van der Waals surface area contributed by atoms with Crippen LogP contribution in [0.25, 0.3) is 0 Å². The summed E-state index contributed by atoms with van der Waals surface area (Å²) in [5, 5.41) is 15.1. The molecule has 0 spiro atoms. The van der Waals surface area contributed by atoms with Crippen LogP contribution in [0.5, 0.6) is 5.75 Å². The minimum Gasteiger partial charge on any atom is -0.493 e. The Morgan fingerprint density at radius 3 is 2.63 bits per heavy atom. The molecule has 0 bridgehead atoms. The van der Waals surface area contributed by atoms with Gasteiger partial charge in [-0.05, 0) is 26.7 Å². The SMILES string of the molecule is CCOC1(C(O)c2c(OC)cnn2CC)CCCC1. The number of aromatic nitrogens is 2. The van der Waals surface area contributed by atoms with E-state index in [1.807, 2.05) is 13.8 Å². The number of hydrogen-bond donors (Lipinski definition) is 1. The Morgan fingerprint density at radius 2 is 2.11 bits per heavy atom. The molecule has 5 heteroatoms. The maximum atomic E-state index is 10.8. The van der Waals surface area contributed by atoms with Crippen molar-refractivity contribution in [1.29, 1.82) is 0 Å². The summed E-state index contributed by atoms with van der Waals surface area (Å²) in [6.45, 7) is 5.30. The first kappa shape index (κ1) is 14.3. The summed E-state index contributed by atoms with van der Waals surface area (Å²) in [5.41, 5.74) is 0.259. The topological polar surface area (TPSA) is 56.5 Å². The highest BCUT2D eigenvalue weighted by Crippen LogP contribution is 2.45. The van der Waals surface area contributed by atoms with Gasteiger partial charge in [0.2, 0.25) is 0 Å². The quantitative estimate of drug-likeness (QED) is 0.860. The molecule has 108 valence electrons. The number of hydrogen-bond acceptors (Lipinski definition) is 4. The first-order chi connectivity index (χ1) is 9.18. The third-order valence-corrected chi connectivity index (χ3v) is 4.00. The Labute approximate surface area is 114 Å². The molecule has 2 rings (SSSR count). The number of aryl methyl sites for hydroxylation is 1. The predicted octanol–water partition coefficient (Wildman–Crippen LogP) is 2.29. The smallest absolute Gasteiger partial charge is 0.162 e. The molecule has 1 atom stereocenters. The number of nitrogens with zero attached hydrogens (tertiary/aromatic N) is 2. The zero-order valence-corrected chi connectivity index (χ0v) is 12.1. The normalized spacial score (nSPS) is 19.6. The van der Waals surface area contributed by atoms with Crippen molar-refractivity contribution < 1.29 is 14.6 Å². The number of aliphatic hydroxyl groups excluding tert-OH is 1. The molecule has 1 saturated carbocycles. The fourth-order valence-corrected chi connectivity index (χ4v) is 3.07. The van der Waals surface area contributed by atoms with Crippen molar-refractivity contribution in [1.82, 2.24) is 9.78 Å². The van der Waals surface area contributed by atoms with Crippen molar-refractivity contribution in [3.05, 3.63) is 11.9 Å². The third-order valence-electron chi connectivity index (χ3n) is 4.00. The largest absolute Gasteiger partial charge is 0.493 e. The lowest BCUT2D eigenvalue weighted by Crippen LogP contribution is -2.38. The van der Waals surface area contributed by atoms with E-state index in [4.69, 9.17) is 9.47 Å². The van der Waals surface area contributed by atoms with Gasteiger partial charge in [0.15, 0.2) is 5.75 Å². The van der Waals surface area contributed by atoms with Crippen molar-refractivity contribution in [2.24, 2.45) is 0 Å². The van der Waals surface area contributed by atoms with Gasteiger partial charge in [-0.1, -0.05) is 12.8 Å². The molecule has 0 saturated heterocycles. The zero-order valence-electron chi connectivity index (χ0n) is 12.1. The number of rotatable bonds is 6. The number of methoxy groups -OCH3 is 1. The average molecular weight is 268 g/mol. The van der Waals surface area contributed by atoms with E-state index in [1.54, 1.807) is 18.0 Å². The van der Waals surface area contributed by atoms with Gasteiger partial charge in [0.05, 0.1) is 18.9 Å². The van der Waals surface area contributed by atoms with Gasteiger partial charge >= 0.3 is 0 Å². The van der Waals surface area contributed by atoms with Crippen molar-refractivity contribution in [3.8, 4) is 5.75 Å². The Kier molecular flexibility index (Phi) is 4.47. The van der Waals surface area contributed by atoms with E-state index in [-0.39, 0.29) is 0 Å². The summed E-state index contributed by atoms with van der Waals surface area (Å²) in [7, 11) is 1.61. The Hall–Kier alpha value is -1.07. The second-order valence-corrected chi connectivity index (χ2v) is 5.02. The zero-order chi connectivity index (χ0) is 13.9. The Balaban J connectivity index is 2.36. The van der Waals surface area contributed by atoms with Crippen LogP contribution < -0.4 is 4.74 Å². The Morgan fingerprint density at radius 1 is 1.42 bits per heavy atom. The van der Waals surface area contributed by atoms with Crippen LogP contribution in [0.15, 0.2) is 6.20 Å². The van der Waals surface area contributed by atoms with Gasteiger partial charge in [0.25, 0.3) is 0 Å². The van der Waals surface area contributed by atoms with Gasteiger partial charge in [0.1, 0.15) is 11.8 Å². The van der Waals surface area contributed by atoms with E-state index in [0.717, 1.165) is 31.4 Å². The molecule has 0 aromatic carbocycles. The van der Waals surface area contributed by atoms with Crippen LogP contribution in [-0.4, -0.2) is 34.2 Å². The molecule has 1 aliphatic carbocycles. The molecule has 1 heterocycles. The molecule has 1 aliphatic rings. The predicted molar refractivity (Wildman–Crippen MR) is 72.2 cm³/mol. The molecule has 1 aromatic rings. The van der Waals surface area contributed by atoms with E-state index in [0.29, 0.717) is 18.9 Å². The maximum Gasteiger partial charge on any atom is 0.162 e. The van der Waals surface area contributed by atoms with E-state index in [1.165, 1.54) is 0 Å². The highest BCUT2D eigenvalue weighted by Gasteiger charge is 2.44. The molecular weight excluding hydrogens is 244 g/mol. The van der Waals surface area contributed by atoms with Crippen LogP contribution in [0.3, 0.4) is 0 Å². The number of ether oxygens (including phenoxy) is 2. The van der Waals surface area contributed by atoms with Gasteiger partial charge in [-0.25, -0.2) is 0 Å². The van der Waals surface area contributed by atoms with Gasteiger partial charge in [-0.3, -0.25) is 4.68 Å². The lowest BCUT2D eigenvalue weighted by atomic mass is 9.91. The van der Waals surface area contributed by atoms with Crippen LogP contribution in [0.2, 0.25) is 0 Å². The molecule has 19 heavy (non-hydrogen) atoms. The maximum absolute atomic E-state index is 10.8. The van der Waals surface area contributed by atoms with Crippen molar-refractivity contribution in [2.45, 2.75) is 57.8 Å². The molecule has 1 unspecified atom stereocenters. The van der Waals surface area contributed by atoms with E-state index < -0.39 is 11.7 Å². The van der Waals surface area contributed by atoms with E-state index >= 15 is 0 Å². The van der Waals surface area contributed by atoms with Gasteiger partial charge in [-0.2, -0.15) is 5.10 Å². The number of aliphatic hydroxyl groups is 1. The average Bonchev–Trinajstić information content (AvgIpc) is 3.04. The molecule has 0 aliphatic heterocycles. The van der Waals surface area contributed by atoms with Crippen LogP contribution >= 0.6 is 0 Å². The van der Waals surface area contributed by atoms with Crippen molar-refractivity contribution in [2.75, 3.05) is 13.7 Å². The highest BCUT2D eigenvalue weighted by atomic mass is 16.5. The monoisotopic (exact) mass is 268 g/mol. The van der Waals surface area contributed by atoms with Crippen molar-refractivity contribution >= 4 is 0 Å². The minimum absolute atomic E-state index is 0.477. The standard InChI is InChI=1S/C14H24N2O3/c1-4-16-12(11(18-3)10-15-16)13(17)14(19-5-2)8-6-7-9-14/h10,13,17H,4-9H2,1-3H3. The molecule has 1 N–H and O–H groups in total. The molecule has 1 fully saturated rings. The molecule has 5 nitrogen and oxygen atoms in total. The van der Waals surface area contributed by atoms with Gasteiger partial charge < -0.3 is 14.6 Å². The van der Waals surface area contributed by atoms with Gasteiger partial charge in [0, 0.05) is 13.2 Å². The second kappa shape index (κ2) is 5.92. The third kappa shape index (κ3) is 2.49. The van der Waals surface area contributed by atoms with Gasteiger partial charge in [-0.15, -0.1) is 0 Å². The van der Waals surface area contributed by atoms with Crippen LogP contribution in [0.4, 0.5) is 0 Å². The second-order valence-electron chi connectivity index (χ2n) is 5.02. The highest BCUT2D eigenvalue weighted by molar-refractivity contribution is 5.29. The first-order valence-corrected chi connectivity index (χ1v) is 7.10. The van der Waals surface area contributed by atoms with E-state index in [9.17, 15) is 5.11 Å².